The summed E-state index contributed by atoms with van der Waals surface area (Å²) in [5.74, 6) is 1.89. The van der Waals surface area contributed by atoms with E-state index in [-0.39, 0.29) is 49.6 Å². The number of likely N-dealkylation sites (tertiary alicyclic amines) is 1. The summed E-state index contributed by atoms with van der Waals surface area (Å²) >= 11 is 1.86. The van der Waals surface area contributed by atoms with Crippen molar-refractivity contribution in [1.29, 1.82) is 0 Å². The van der Waals surface area contributed by atoms with Crippen LogP contribution in [-0.2, 0) is 19.9 Å². The molecule has 6 rings (SSSR count). The second-order valence-corrected chi connectivity index (χ2v) is 14.3. The maximum absolute atomic E-state index is 13.5. The largest absolute Gasteiger partial charge is 0.497 e. The number of urea groups is 1. The number of β-amino-alcohol motifs (C(OH)–C–C–N with tert-alkyl or cyclic N) is 1. The first-order chi connectivity index (χ1) is 24.3. The lowest BCUT2D eigenvalue weighted by atomic mass is 9.80. The van der Waals surface area contributed by atoms with Crippen LogP contribution >= 0.6 is 11.8 Å². The maximum Gasteiger partial charge on any atom is 0.315 e. The van der Waals surface area contributed by atoms with Crippen molar-refractivity contribution in [3.05, 3.63) is 95.6 Å². The lowest BCUT2D eigenvalue weighted by Gasteiger charge is -2.38. The maximum atomic E-state index is 13.5. The van der Waals surface area contributed by atoms with Crippen molar-refractivity contribution in [2.75, 3.05) is 39.7 Å². The standard InChI is InChI=1S/C38H46N4O7S/c1-47-30-16-12-26(13-17-30)38(25-8-4-3-5-9-25,27-14-18-31(48-2)19-15-27)49-23-28-20-29(43)22-42(28)35(45)21-39-34(44)11-7-6-10-33-36-32(24-50-33)40-37(46)41-36/h3-5,8-9,12-19,28-29,32-33,36,43H,6-7,10-11,20-24H2,1-2H3,(H,39,44)(H2,40,41,46)/t28-,29+,32-,33-,36-/m0/s1. The lowest BCUT2D eigenvalue weighted by Crippen LogP contribution is -2.46. The summed E-state index contributed by atoms with van der Waals surface area (Å²) in [5.41, 5.74) is 1.58. The molecular weight excluding hydrogens is 657 g/mol. The molecule has 0 radical (unpaired) electrons. The summed E-state index contributed by atoms with van der Waals surface area (Å²) in [6, 6.07) is 25.2. The number of thioether (sulfide) groups is 1. The molecule has 266 valence electrons. The number of benzene rings is 3. The number of fused-ring (bicyclic) bond motifs is 1. The molecule has 12 heteroatoms. The van der Waals surface area contributed by atoms with Crippen molar-refractivity contribution in [2.24, 2.45) is 0 Å². The molecule has 0 saturated carbocycles. The van der Waals surface area contributed by atoms with Crippen molar-refractivity contribution >= 4 is 29.6 Å². The van der Waals surface area contributed by atoms with Crippen LogP contribution in [0.1, 0.15) is 48.8 Å². The average Bonchev–Trinajstić information content (AvgIpc) is 3.83. The zero-order chi connectivity index (χ0) is 35.1. The van der Waals surface area contributed by atoms with Crippen LogP contribution in [0.25, 0.3) is 0 Å². The fraction of sp³-hybridized carbons (Fsp3) is 0.447. The first kappa shape index (κ1) is 35.6. The highest BCUT2D eigenvalue weighted by atomic mass is 32.2. The summed E-state index contributed by atoms with van der Waals surface area (Å²) in [6.45, 7) is 0.155. The van der Waals surface area contributed by atoms with Gasteiger partial charge in [-0.25, -0.2) is 4.79 Å². The lowest BCUT2D eigenvalue weighted by molar-refractivity contribution is -0.135. The van der Waals surface area contributed by atoms with E-state index in [4.69, 9.17) is 14.2 Å². The van der Waals surface area contributed by atoms with Crippen molar-refractivity contribution in [3.63, 3.8) is 0 Å². The van der Waals surface area contributed by atoms with E-state index in [1.165, 1.54) is 0 Å². The SMILES string of the molecule is COc1ccc(C(OC[C@@H]2C[C@@H](O)CN2C(=O)CNC(=O)CCCC[C@@H]2SC[C@@H]3NC(=O)N[C@@H]32)(c2ccccc2)c2ccc(OC)cc2)cc1. The molecular formula is C38H46N4O7S. The third kappa shape index (κ3) is 7.87. The van der Waals surface area contributed by atoms with Gasteiger partial charge in [-0.3, -0.25) is 9.59 Å². The van der Waals surface area contributed by atoms with E-state index in [2.05, 4.69) is 16.0 Å². The van der Waals surface area contributed by atoms with Crippen molar-refractivity contribution in [3.8, 4) is 11.5 Å². The Kier molecular flexibility index (Phi) is 11.5. The fourth-order valence-electron chi connectivity index (χ4n) is 7.29. The van der Waals surface area contributed by atoms with E-state index in [1.54, 1.807) is 19.1 Å². The number of methoxy groups -OCH3 is 2. The number of carbonyl (C=O) groups is 3. The monoisotopic (exact) mass is 702 g/mol. The molecule has 3 aliphatic rings. The van der Waals surface area contributed by atoms with Crippen LogP contribution in [0.4, 0.5) is 4.79 Å². The highest BCUT2D eigenvalue weighted by Gasteiger charge is 2.43. The molecule has 11 nitrogen and oxygen atoms in total. The predicted octanol–water partition coefficient (Wildman–Crippen LogP) is 3.82. The minimum Gasteiger partial charge on any atom is -0.497 e. The van der Waals surface area contributed by atoms with Crippen molar-refractivity contribution in [1.82, 2.24) is 20.9 Å². The first-order valence-corrected chi connectivity index (χ1v) is 18.3. The number of hydrogen-bond donors (Lipinski definition) is 4. The summed E-state index contributed by atoms with van der Waals surface area (Å²) in [7, 11) is 3.25. The van der Waals surface area contributed by atoms with Crippen LogP contribution in [0.15, 0.2) is 78.9 Å². The molecule has 0 bridgehead atoms. The van der Waals surface area contributed by atoms with Gasteiger partial charge in [-0.15, -0.1) is 0 Å². The average molecular weight is 703 g/mol. The van der Waals surface area contributed by atoms with Gasteiger partial charge >= 0.3 is 6.03 Å². The summed E-state index contributed by atoms with van der Waals surface area (Å²) in [5, 5.41) is 19.8. The summed E-state index contributed by atoms with van der Waals surface area (Å²) in [4.78, 5) is 39.5. The number of aliphatic hydroxyl groups is 1. The van der Waals surface area contributed by atoms with E-state index in [1.807, 2.05) is 90.6 Å². The molecule has 3 aromatic rings. The van der Waals surface area contributed by atoms with Gasteiger partial charge in [-0.1, -0.05) is 61.0 Å². The third-order valence-corrected chi connectivity index (χ3v) is 11.4. The smallest absolute Gasteiger partial charge is 0.315 e. The number of nitrogens with one attached hydrogen (secondary N) is 3. The van der Waals surface area contributed by atoms with Gasteiger partial charge in [0.2, 0.25) is 11.8 Å². The molecule has 0 unspecified atom stereocenters. The number of hydrogen-bond acceptors (Lipinski definition) is 8. The molecule has 3 fully saturated rings. The molecule has 50 heavy (non-hydrogen) atoms. The van der Waals surface area contributed by atoms with Gasteiger partial charge < -0.3 is 40.2 Å². The zero-order valence-corrected chi connectivity index (χ0v) is 29.3. The number of amides is 4. The van der Waals surface area contributed by atoms with Crippen molar-refractivity contribution < 1.29 is 33.7 Å². The van der Waals surface area contributed by atoms with Crippen molar-refractivity contribution in [2.45, 2.75) is 67.2 Å². The minimum absolute atomic E-state index is 0.0985. The molecule has 5 atom stereocenters. The van der Waals surface area contributed by atoms with Crippen LogP contribution in [-0.4, -0.2) is 97.0 Å². The molecule has 4 N–H and O–H groups in total. The number of aliphatic hydroxyl groups excluding tert-OH is 1. The van der Waals surface area contributed by atoms with E-state index in [0.717, 1.165) is 35.3 Å². The highest BCUT2D eigenvalue weighted by molar-refractivity contribution is 8.00. The normalized spacial score (nSPS) is 22.8. The quantitative estimate of drug-likeness (QED) is 0.107. The fourth-order valence-corrected chi connectivity index (χ4v) is 8.83. The molecule has 4 amide bonds. The Morgan fingerprint density at radius 1 is 0.920 bits per heavy atom. The Morgan fingerprint density at radius 3 is 2.20 bits per heavy atom. The van der Waals surface area contributed by atoms with Crippen LogP contribution in [0.2, 0.25) is 0 Å². The number of unbranched alkanes of at least 4 members (excludes halogenated alkanes) is 1. The predicted molar refractivity (Wildman–Crippen MR) is 191 cm³/mol. The number of nitrogens with zero attached hydrogens (tertiary/aromatic N) is 1. The second kappa shape index (κ2) is 16.2. The van der Waals surface area contributed by atoms with Gasteiger partial charge in [0, 0.05) is 24.0 Å². The van der Waals surface area contributed by atoms with Gasteiger partial charge in [0.05, 0.1) is 51.6 Å². The third-order valence-electron chi connectivity index (χ3n) is 9.90. The van der Waals surface area contributed by atoms with Gasteiger partial charge in [0.25, 0.3) is 0 Å². The van der Waals surface area contributed by atoms with Crippen LogP contribution < -0.4 is 25.4 Å². The van der Waals surface area contributed by atoms with E-state index >= 15 is 0 Å². The minimum atomic E-state index is -1.06. The number of ether oxygens (including phenoxy) is 3. The summed E-state index contributed by atoms with van der Waals surface area (Å²) in [6.07, 6.45) is 2.46. The first-order valence-electron chi connectivity index (χ1n) is 17.2. The molecule has 0 aromatic heterocycles. The van der Waals surface area contributed by atoms with E-state index < -0.39 is 17.7 Å². The topological polar surface area (TPSA) is 138 Å². The molecule has 3 aliphatic heterocycles. The Balaban J connectivity index is 1.11. The Hall–Kier alpha value is -4.26. The highest BCUT2D eigenvalue weighted by Crippen LogP contribution is 2.42. The van der Waals surface area contributed by atoms with Gasteiger partial charge in [-0.2, -0.15) is 11.8 Å². The van der Waals surface area contributed by atoms with Gasteiger partial charge in [-0.05, 0) is 60.2 Å². The van der Waals surface area contributed by atoms with Crippen LogP contribution in [0.3, 0.4) is 0 Å². The van der Waals surface area contributed by atoms with Gasteiger partial charge in [0.15, 0.2) is 0 Å². The second-order valence-electron chi connectivity index (χ2n) is 13.0. The van der Waals surface area contributed by atoms with Crippen LogP contribution in [0.5, 0.6) is 11.5 Å². The molecule has 0 spiro atoms. The number of carbonyl (C=O) groups excluding carboxylic acids is 3. The van der Waals surface area contributed by atoms with E-state index in [0.29, 0.717) is 36.0 Å². The molecule has 3 saturated heterocycles. The number of rotatable bonds is 15. The summed E-state index contributed by atoms with van der Waals surface area (Å²) < 4.78 is 17.9. The Bertz CT molecular complexity index is 1560. The zero-order valence-electron chi connectivity index (χ0n) is 28.5. The Labute approximate surface area is 297 Å². The Morgan fingerprint density at radius 2 is 1.56 bits per heavy atom. The van der Waals surface area contributed by atoms with Crippen LogP contribution in [0, 0.1) is 0 Å². The molecule has 0 aliphatic carbocycles. The van der Waals surface area contributed by atoms with E-state index in [9.17, 15) is 19.5 Å². The molecule has 3 aromatic carbocycles. The molecule has 3 heterocycles. The van der Waals surface area contributed by atoms with Gasteiger partial charge in [0.1, 0.15) is 17.1 Å².